The SMILES string of the molecule is O=C(O)c1ccc2c(c1)CCCN2C1CCCC1. The maximum atomic E-state index is 11.0. The minimum absolute atomic E-state index is 0.419. The molecule has 3 rings (SSSR count). The van der Waals surface area contributed by atoms with Gasteiger partial charge in [0.05, 0.1) is 5.56 Å². The highest BCUT2D eigenvalue weighted by Crippen LogP contribution is 2.34. The smallest absolute Gasteiger partial charge is 0.335 e. The average Bonchev–Trinajstić information content (AvgIpc) is 2.91. The quantitative estimate of drug-likeness (QED) is 0.870. The summed E-state index contributed by atoms with van der Waals surface area (Å²) in [5, 5.41) is 9.05. The van der Waals surface area contributed by atoms with Crippen LogP contribution < -0.4 is 4.90 Å². The molecule has 1 heterocycles. The zero-order valence-corrected chi connectivity index (χ0v) is 10.6. The van der Waals surface area contributed by atoms with Crippen molar-refractivity contribution in [3.05, 3.63) is 29.3 Å². The number of nitrogens with zero attached hydrogens (tertiary/aromatic N) is 1. The summed E-state index contributed by atoms with van der Waals surface area (Å²) in [5.74, 6) is -0.823. The molecule has 1 aromatic rings. The van der Waals surface area contributed by atoms with E-state index in [1.807, 2.05) is 12.1 Å². The number of anilines is 1. The van der Waals surface area contributed by atoms with E-state index in [9.17, 15) is 4.79 Å². The second-order valence-electron chi connectivity index (χ2n) is 5.38. The zero-order valence-electron chi connectivity index (χ0n) is 10.6. The molecule has 0 radical (unpaired) electrons. The summed E-state index contributed by atoms with van der Waals surface area (Å²) in [4.78, 5) is 13.5. The van der Waals surface area contributed by atoms with Crippen molar-refractivity contribution in [1.82, 2.24) is 0 Å². The molecular formula is C15H19NO2. The second kappa shape index (κ2) is 4.63. The molecule has 1 N–H and O–H groups in total. The van der Waals surface area contributed by atoms with Crippen LogP contribution in [0.1, 0.15) is 48.0 Å². The molecule has 0 atom stereocenters. The predicted molar refractivity (Wildman–Crippen MR) is 71.3 cm³/mol. The highest BCUT2D eigenvalue weighted by molar-refractivity contribution is 5.88. The van der Waals surface area contributed by atoms with Gasteiger partial charge in [-0.2, -0.15) is 0 Å². The van der Waals surface area contributed by atoms with Gasteiger partial charge in [0.25, 0.3) is 0 Å². The number of carboxylic acid groups (broad SMARTS) is 1. The molecule has 96 valence electrons. The van der Waals surface area contributed by atoms with Crippen LogP contribution in [0, 0.1) is 0 Å². The fraction of sp³-hybridized carbons (Fsp3) is 0.533. The number of benzene rings is 1. The molecule has 1 saturated carbocycles. The number of hydrogen-bond donors (Lipinski definition) is 1. The van der Waals surface area contributed by atoms with Gasteiger partial charge in [0.1, 0.15) is 0 Å². The first-order valence-electron chi connectivity index (χ1n) is 6.88. The molecule has 1 fully saturated rings. The van der Waals surface area contributed by atoms with E-state index in [2.05, 4.69) is 4.90 Å². The Bertz CT molecular complexity index is 464. The normalized spacial score (nSPS) is 19.9. The van der Waals surface area contributed by atoms with Crippen LogP contribution in [0.15, 0.2) is 18.2 Å². The zero-order chi connectivity index (χ0) is 12.5. The van der Waals surface area contributed by atoms with E-state index in [4.69, 9.17) is 5.11 Å². The van der Waals surface area contributed by atoms with Crippen LogP contribution in [-0.2, 0) is 6.42 Å². The van der Waals surface area contributed by atoms with Crippen LogP contribution in [-0.4, -0.2) is 23.7 Å². The van der Waals surface area contributed by atoms with Gasteiger partial charge in [-0.1, -0.05) is 12.8 Å². The molecular weight excluding hydrogens is 226 g/mol. The first-order valence-corrected chi connectivity index (χ1v) is 6.88. The van der Waals surface area contributed by atoms with E-state index in [1.54, 1.807) is 6.07 Å². The topological polar surface area (TPSA) is 40.5 Å². The molecule has 1 aromatic carbocycles. The van der Waals surface area contributed by atoms with Crippen molar-refractivity contribution in [2.45, 2.75) is 44.6 Å². The van der Waals surface area contributed by atoms with Crippen molar-refractivity contribution in [3.8, 4) is 0 Å². The number of aryl methyl sites for hydroxylation is 1. The van der Waals surface area contributed by atoms with E-state index in [-0.39, 0.29) is 0 Å². The van der Waals surface area contributed by atoms with Gasteiger partial charge in [0.2, 0.25) is 0 Å². The van der Waals surface area contributed by atoms with Gasteiger partial charge in [-0.05, 0) is 49.4 Å². The molecule has 0 amide bonds. The molecule has 1 aliphatic carbocycles. The Hall–Kier alpha value is -1.51. The lowest BCUT2D eigenvalue weighted by molar-refractivity contribution is 0.0697. The lowest BCUT2D eigenvalue weighted by Gasteiger charge is -2.36. The Kier molecular flexibility index (Phi) is 2.98. The van der Waals surface area contributed by atoms with Crippen LogP contribution in [0.25, 0.3) is 0 Å². The molecule has 3 nitrogen and oxygen atoms in total. The van der Waals surface area contributed by atoms with Crippen molar-refractivity contribution in [2.24, 2.45) is 0 Å². The summed E-state index contributed by atoms with van der Waals surface area (Å²) in [6.07, 6.45) is 7.42. The molecule has 2 aliphatic rings. The molecule has 18 heavy (non-hydrogen) atoms. The van der Waals surface area contributed by atoms with E-state index < -0.39 is 5.97 Å². The first-order chi connectivity index (χ1) is 8.75. The van der Waals surface area contributed by atoms with E-state index in [0.717, 1.165) is 19.4 Å². The highest BCUT2D eigenvalue weighted by Gasteiger charge is 2.26. The Labute approximate surface area is 107 Å². The van der Waals surface area contributed by atoms with E-state index in [1.165, 1.54) is 36.9 Å². The average molecular weight is 245 g/mol. The number of carboxylic acids is 1. The fourth-order valence-corrected chi connectivity index (χ4v) is 3.35. The third-order valence-corrected chi connectivity index (χ3v) is 4.25. The van der Waals surface area contributed by atoms with Crippen molar-refractivity contribution in [2.75, 3.05) is 11.4 Å². The Morgan fingerprint density at radius 1 is 1.22 bits per heavy atom. The molecule has 0 unspecified atom stereocenters. The first kappa shape index (κ1) is 11.6. The summed E-state index contributed by atoms with van der Waals surface area (Å²) in [6, 6.07) is 6.29. The lowest BCUT2D eigenvalue weighted by Crippen LogP contribution is -2.37. The van der Waals surface area contributed by atoms with Crippen LogP contribution in [0.3, 0.4) is 0 Å². The molecule has 0 aromatic heterocycles. The maximum Gasteiger partial charge on any atom is 0.335 e. The fourth-order valence-electron chi connectivity index (χ4n) is 3.35. The summed E-state index contributed by atoms with van der Waals surface area (Å²) in [6.45, 7) is 1.13. The summed E-state index contributed by atoms with van der Waals surface area (Å²) in [7, 11) is 0. The van der Waals surface area contributed by atoms with Crippen molar-refractivity contribution >= 4 is 11.7 Å². The molecule has 3 heteroatoms. The number of fused-ring (bicyclic) bond motifs is 1. The van der Waals surface area contributed by atoms with Crippen molar-refractivity contribution < 1.29 is 9.90 Å². The molecule has 0 saturated heterocycles. The number of aromatic carboxylic acids is 1. The Morgan fingerprint density at radius 3 is 2.72 bits per heavy atom. The van der Waals surface area contributed by atoms with Crippen molar-refractivity contribution in [3.63, 3.8) is 0 Å². The molecule has 0 bridgehead atoms. The van der Waals surface area contributed by atoms with E-state index in [0.29, 0.717) is 11.6 Å². The van der Waals surface area contributed by atoms with Gasteiger partial charge in [0.15, 0.2) is 0 Å². The van der Waals surface area contributed by atoms with Crippen LogP contribution >= 0.6 is 0 Å². The number of rotatable bonds is 2. The summed E-state index contributed by atoms with van der Waals surface area (Å²) >= 11 is 0. The van der Waals surface area contributed by atoms with E-state index >= 15 is 0 Å². The highest BCUT2D eigenvalue weighted by atomic mass is 16.4. The largest absolute Gasteiger partial charge is 0.478 e. The van der Waals surface area contributed by atoms with Gasteiger partial charge in [-0.15, -0.1) is 0 Å². The predicted octanol–water partition coefficient (Wildman–Crippen LogP) is 3.08. The number of hydrogen-bond acceptors (Lipinski definition) is 2. The van der Waals surface area contributed by atoms with Gasteiger partial charge >= 0.3 is 5.97 Å². The third kappa shape index (κ3) is 1.98. The van der Waals surface area contributed by atoms with Crippen LogP contribution in [0.4, 0.5) is 5.69 Å². The molecule has 1 aliphatic heterocycles. The van der Waals surface area contributed by atoms with Gasteiger partial charge < -0.3 is 10.0 Å². The molecule has 0 spiro atoms. The minimum Gasteiger partial charge on any atom is -0.478 e. The van der Waals surface area contributed by atoms with Crippen LogP contribution in [0.5, 0.6) is 0 Å². The van der Waals surface area contributed by atoms with Gasteiger partial charge in [-0.25, -0.2) is 4.79 Å². The monoisotopic (exact) mass is 245 g/mol. The van der Waals surface area contributed by atoms with Crippen molar-refractivity contribution in [1.29, 1.82) is 0 Å². The van der Waals surface area contributed by atoms with Gasteiger partial charge in [0, 0.05) is 18.3 Å². The van der Waals surface area contributed by atoms with Crippen LogP contribution in [0.2, 0.25) is 0 Å². The maximum absolute atomic E-state index is 11.0. The number of carbonyl (C=O) groups is 1. The second-order valence-corrected chi connectivity index (χ2v) is 5.38. The minimum atomic E-state index is -0.823. The Balaban J connectivity index is 1.93. The lowest BCUT2D eigenvalue weighted by atomic mass is 9.97. The standard InChI is InChI=1S/C15H19NO2/c17-15(18)12-7-8-14-11(10-12)4-3-9-16(14)13-5-1-2-6-13/h7-8,10,13H,1-6,9H2,(H,17,18). The summed E-state index contributed by atoms with van der Waals surface area (Å²) in [5.41, 5.74) is 2.91. The Morgan fingerprint density at radius 2 is 2.00 bits per heavy atom. The van der Waals surface area contributed by atoms with Gasteiger partial charge in [-0.3, -0.25) is 0 Å². The third-order valence-electron chi connectivity index (χ3n) is 4.25. The summed E-state index contributed by atoms with van der Waals surface area (Å²) < 4.78 is 0.